The van der Waals surface area contributed by atoms with E-state index in [1.54, 1.807) is 7.11 Å². The monoisotopic (exact) mass is 289 g/mol. The zero-order valence-electron chi connectivity index (χ0n) is 13.1. The van der Waals surface area contributed by atoms with Crippen LogP contribution in [0, 0.1) is 5.92 Å². The van der Waals surface area contributed by atoms with Crippen LogP contribution < -0.4 is 10.6 Å². The van der Waals surface area contributed by atoms with Gasteiger partial charge in [0.1, 0.15) is 5.82 Å². The summed E-state index contributed by atoms with van der Waals surface area (Å²) in [5.41, 5.74) is 9.94. The van der Waals surface area contributed by atoms with Gasteiger partial charge in [0, 0.05) is 38.0 Å². The van der Waals surface area contributed by atoms with Crippen molar-refractivity contribution in [2.24, 2.45) is 11.7 Å². The molecule has 3 rings (SSSR count). The van der Waals surface area contributed by atoms with Gasteiger partial charge in [-0.2, -0.15) is 0 Å². The highest BCUT2D eigenvalue weighted by atomic mass is 16.5. The molecule has 1 aliphatic heterocycles. The first-order valence-electron chi connectivity index (χ1n) is 8.27. The number of aryl methyl sites for hydroxylation is 2. The van der Waals surface area contributed by atoms with Crippen molar-refractivity contribution in [1.82, 2.24) is 4.98 Å². The Kier molecular flexibility index (Phi) is 4.76. The molecule has 0 bridgehead atoms. The minimum absolute atomic E-state index is 0.584. The molecule has 1 atom stereocenters. The number of hydrogen-bond donors (Lipinski definition) is 1. The van der Waals surface area contributed by atoms with Crippen molar-refractivity contribution < 1.29 is 4.74 Å². The predicted octanol–water partition coefficient (Wildman–Crippen LogP) is 2.28. The number of ether oxygens (including phenoxy) is 1. The molecule has 4 nitrogen and oxygen atoms in total. The second kappa shape index (κ2) is 6.75. The average Bonchev–Trinajstić information content (AvgIpc) is 2.54. The van der Waals surface area contributed by atoms with Crippen LogP contribution >= 0.6 is 0 Å². The lowest BCUT2D eigenvalue weighted by molar-refractivity contribution is 0.143. The molecule has 2 heterocycles. The van der Waals surface area contributed by atoms with E-state index in [0.717, 1.165) is 31.9 Å². The minimum atomic E-state index is 0.584. The summed E-state index contributed by atoms with van der Waals surface area (Å²) in [4.78, 5) is 7.44. The molecule has 0 saturated carbocycles. The van der Waals surface area contributed by atoms with Gasteiger partial charge in [0.2, 0.25) is 0 Å². The molecule has 0 spiro atoms. The van der Waals surface area contributed by atoms with Crippen molar-refractivity contribution in [2.75, 3.05) is 31.7 Å². The number of aromatic nitrogens is 1. The number of piperidine rings is 1. The van der Waals surface area contributed by atoms with Gasteiger partial charge >= 0.3 is 0 Å². The number of hydrogen-bond acceptors (Lipinski definition) is 4. The number of methoxy groups -OCH3 is 1. The second-order valence-electron chi connectivity index (χ2n) is 6.40. The normalized spacial score (nSPS) is 22.2. The van der Waals surface area contributed by atoms with Crippen molar-refractivity contribution in [3.8, 4) is 0 Å². The Morgan fingerprint density at radius 3 is 3.00 bits per heavy atom. The Hall–Kier alpha value is -1.13. The molecule has 0 aromatic carbocycles. The van der Waals surface area contributed by atoms with Gasteiger partial charge in [0.15, 0.2) is 0 Å². The summed E-state index contributed by atoms with van der Waals surface area (Å²) in [6, 6.07) is 2.32. The van der Waals surface area contributed by atoms with E-state index in [4.69, 9.17) is 15.5 Å². The highest BCUT2D eigenvalue weighted by Crippen LogP contribution is 2.29. The lowest BCUT2D eigenvalue weighted by Gasteiger charge is -2.35. The van der Waals surface area contributed by atoms with E-state index in [1.807, 2.05) is 0 Å². The SMILES string of the molecule is COCC1CCCN(c2nc3c(cc2CN)CCCC3)C1. The fourth-order valence-corrected chi connectivity index (χ4v) is 3.72. The maximum atomic E-state index is 5.99. The third kappa shape index (κ3) is 3.22. The first-order chi connectivity index (χ1) is 10.3. The summed E-state index contributed by atoms with van der Waals surface area (Å²) >= 11 is 0. The van der Waals surface area contributed by atoms with Gasteiger partial charge in [-0.05, 0) is 56.1 Å². The predicted molar refractivity (Wildman–Crippen MR) is 85.6 cm³/mol. The molecule has 1 unspecified atom stereocenters. The van der Waals surface area contributed by atoms with E-state index in [0.29, 0.717) is 12.5 Å². The van der Waals surface area contributed by atoms with Gasteiger partial charge in [0.25, 0.3) is 0 Å². The van der Waals surface area contributed by atoms with Crippen LogP contribution in [0.1, 0.15) is 42.5 Å². The van der Waals surface area contributed by atoms with Gasteiger partial charge in [-0.1, -0.05) is 0 Å². The van der Waals surface area contributed by atoms with E-state index in [9.17, 15) is 0 Å². The fourth-order valence-electron chi connectivity index (χ4n) is 3.72. The van der Waals surface area contributed by atoms with Crippen LogP contribution in [0.4, 0.5) is 5.82 Å². The van der Waals surface area contributed by atoms with Crippen LogP contribution in [-0.2, 0) is 24.1 Å². The number of nitrogens with zero attached hydrogens (tertiary/aromatic N) is 2. The van der Waals surface area contributed by atoms with E-state index in [1.165, 1.54) is 48.9 Å². The van der Waals surface area contributed by atoms with Crippen molar-refractivity contribution >= 4 is 5.82 Å². The number of anilines is 1. The molecule has 1 aliphatic carbocycles. The lowest BCUT2D eigenvalue weighted by Crippen LogP contribution is -2.38. The molecule has 4 heteroatoms. The molecule has 1 aromatic heterocycles. The zero-order chi connectivity index (χ0) is 14.7. The molecule has 1 fully saturated rings. The molecular weight excluding hydrogens is 262 g/mol. The molecule has 1 aromatic rings. The van der Waals surface area contributed by atoms with E-state index < -0.39 is 0 Å². The van der Waals surface area contributed by atoms with E-state index in [2.05, 4.69) is 11.0 Å². The number of nitrogens with two attached hydrogens (primary N) is 1. The third-order valence-electron chi connectivity index (χ3n) is 4.80. The van der Waals surface area contributed by atoms with Crippen molar-refractivity contribution in [3.63, 3.8) is 0 Å². The smallest absolute Gasteiger partial charge is 0.133 e. The Morgan fingerprint density at radius 2 is 2.19 bits per heavy atom. The number of pyridine rings is 1. The van der Waals surface area contributed by atoms with Crippen molar-refractivity contribution in [3.05, 3.63) is 22.9 Å². The number of fused-ring (bicyclic) bond motifs is 1. The molecule has 116 valence electrons. The molecular formula is C17H27N3O. The Bertz CT molecular complexity index is 487. The largest absolute Gasteiger partial charge is 0.384 e. The van der Waals surface area contributed by atoms with Crippen LogP contribution in [0.5, 0.6) is 0 Å². The third-order valence-corrected chi connectivity index (χ3v) is 4.80. The summed E-state index contributed by atoms with van der Waals surface area (Å²) < 4.78 is 5.34. The minimum Gasteiger partial charge on any atom is -0.384 e. The van der Waals surface area contributed by atoms with Crippen LogP contribution in [0.3, 0.4) is 0 Å². The van der Waals surface area contributed by atoms with Crippen LogP contribution in [0.2, 0.25) is 0 Å². The maximum Gasteiger partial charge on any atom is 0.133 e. The summed E-state index contributed by atoms with van der Waals surface area (Å²) in [6.07, 6.45) is 7.33. The van der Waals surface area contributed by atoms with E-state index in [-0.39, 0.29) is 0 Å². The molecule has 0 amide bonds. The Morgan fingerprint density at radius 1 is 1.33 bits per heavy atom. The van der Waals surface area contributed by atoms with Gasteiger partial charge < -0.3 is 15.4 Å². The molecule has 2 N–H and O–H groups in total. The van der Waals surface area contributed by atoms with Gasteiger partial charge in [-0.25, -0.2) is 4.98 Å². The van der Waals surface area contributed by atoms with Gasteiger partial charge in [-0.15, -0.1) is 0 Å². The van der Waals surface area contributed by atoms with E-state index >= 15 is 0 Å². The molecule has 21 heavy (non-hydrogen) atoms. The quantitative estimate of drug-likeness (QED) is 0.924. The Balaban J connectivity index is 1.86. The lowest BCUT2D eigenvalue weighted by atomic mass is 9.94. The molecule has 2 aliphatic rings. The Labute approximate surface area is 127 Å². The highest BCUT2D eigenvalue weighted by Gasteiger charge is 2.24. The topological polar surface area (TPSA) is 51.4 Å². The first-order valence-corrected chi connectivity index (χ1v) is 8.27. The fraction of sp³-hybridized carbons (Fsp3) is 0.706. The maximum absolute atomic E-state index is 5.99. The van der Waals surface area contributed by atoms with Gasteiger partial charge in [0.05, 0.1) is 6.61 Å². The average molecular weight is 289 g/mol. The molecule has 1 saturated heterocycles. The standard InChI is InChI=1S/C17H27N3O/c1-21-12-13-5-4-8-20(11-13)17-15(10-18)9-14-6-2-3-7-16(14)19-17/h9,13H,2-8,10-12,18H2,1H3. The van der Waals surface area contributed by atoms with Gasteiger partial charge in [-0.3, -0.25) is 0 Å². The second-order valence-corrected chi connectivity index (χ2v) is 6.40. The van der Waals surface area contributed by atoms with Crippen LogP contribution in [-0.4, -0.2) is 31.8 Å². The summed E-state index contributed by atoms with van der Waals surface area (Å²) in [5.74, 6) is 1.76. The van der Waals surface area contributed by atoms with Crippen LogP contribution in [0.25, 0.3) is 0 Å². The van der Waals surface area contributed by atoms with Crippen molar-refractivity contribution in [2.45, 2.75) is 45.1 Å². The van der Waals surface area contributed by atoms with Crippen LogP contribution in [0.15, 0.2) is 6.07 Å². The summed E-state index contributed by atoms with van der Waals surface area (Å²) in [5, 5.41) is 0. The summed E-state index contributed by atoms with van der Waals surface area (Å²) in [7, 11) is 1.79. The number of rotatable bonds is 4. The summed E-state index contributed by atoms with van der Waals surface area (Å²) in [6.45, 7) is 3.58. The molecule has 0 radical (unpaired) electrons. The first kappa shape index (κ1) is 14.8. The highest BCUT2D eigenvalue weighted by molar-refractivity contribution is 5.51. The zero-order valence-corrected chi connectivity index (χ0v) is 13.1. The van der Waals surface area contributed by atoms with Crippen molar-refractivity contribution in [1.29, 1.82) is 0 Å².